The summed E-state index contributed by atoms with van der Waals surface area (Å²) < 4.78 is 21.8. The molecular formula is C27H36N4O5S. The van der Waals surface area contributed by atoms with Gasteiger partial charge in [0.15, 0.2) is 22.4 Å². The summed E-state index contributed by atoms with van der Waals surface area (Å²) in [7, 11) is 6.91. The van der Waals surface area contributed by atoms with Crippen LogP contribution >= 0.6 is 11.8 Å². The minimum absolute atomic E-state index is 0.207. The fourth-order valence-electron chi connectivity index (χ4n) is 3.49. The Bertz CT molecular complexity index is 1170. The van der Waals surface area contributed by atoms with E-state index < -0.39 is 0 Å². The molecule has 1 N–H and O–H groups in total. The van der Waals surface area contributed by atoms with Crippen LogP contribution in [0.25, 0.3) is 0 Å². The lowest BCUT2D eigenvalue weighted by Gasteiger charge is -2.20. The SMILES string of the molecule is COCc1cc(N(C)CCc2ccc(OC)c(OC)c2)nc(SCc2ccc(C(=O)NCC(C)C)o2)n1. The minimum atomic E-state index is -0.207. The number of furan rings is 1. The number of carbonyl (C=O) groups is 1. The first-order valence-corrected chi connectivity index (χ1v) is 13.1. The van der Waals surface area contributed by atoms with Gasteiger partial charge in [-0.05, 0) is 42.2 Å². The maximum absolute atomic E-state index is 12.2. The minimum Gasteiger partial charge on any atom is -0.493 e. The number of amides is 1. The number of nitrogens with zero attached hydrogens (tertiary/aromatic N) is 3. The van der Waals surface area contributed by atoms with Crippen molar-refractivity contribution in [2.24, 2.45) is 5.92 Å². The number of carbonyl (C=O) groups excluding carboxylic acids is 1. The van der Waals surface area contributed by atoms with E-state index in [4.69, 9.17) is 23.6 Å². The molecule has 200 valence electrons. The smallest absolute Gasteiger partial charge is 0.287 e. The van der Waals surface area contributed by atoms with E-state index >= 15 is 0 Å². The monoisotopic (exact) mass is 528 g/mol. The largest absolute Gasteiger partial charge is 0.493 e. The zero-order valence-electron chi connectivity index (χ0n) is 22.4. The summed E-state index contributed by atoms with van der Waals surface area (Å²) in [5, 5.41) is 3.48. The number of nitrogens with one attached hydrogen (secondary N) is 1. The Hall–Kier alpha value is -3.24. The van der Waals surface area contributed by atoms with E-state index in [2.05, 4.69) is 15.2 Å². The first-order chi connectivity index (χ1) is 17.8. The molecule has 10 heteroatoms. The molecule has 2 heterocycles. The van der Waals surface area contributed by atoms with E-state index in [1.54, 1.807) is 27.4 Å². The van der Waals surface area contributed by atoms with E-state index in [9.17, 15) is 4.79 Å². The third-order valence-corrected chi connectivity index (χ3v) is 6.38. The molecule has 1 amide bonds. The van der Waals surface area contributed by atoms with Crippen molar-refractivity contribution in [2.45, 2.75) is 37.8 Å². The van der Waals surface area contributed by atoms with Gasteiger partial charge in [0.2, 0.25) is 0 Å². The summed E-state index contributed by atoms with van der Waals surface area (Å²) in [6.07, 6.45) is 0.803. The Kier molecular flexibility index (Phi) is 10.6. The average Bonchev–Trinajstić information content (AvgIpc) is 3.38. The normalized spacial score (nSPS) is 11.0. The molecule has 0 saturated carbocycles. The Labute approximate surface area is 222 Å². The van der Waals surface area contributed by atoms with Crippen LogP contribution in [0.1, 0.15) is 41.4 Å². The van der Waals surface area contributed by atoms with Crippen molar-refractivity contribution in [1.29, 1.82) is 0 Å². The van der Waals surface area contributed by atoms with Gasteiger partial charge in [0, 0.05) is 33.3 Å². The van der Waals surface area contributed by atoms with E-state index in [0.29, 0.717) is 53.0 Å². The van der Waals surface area contributed by atoms with Gasteiger partial charge in [-0.2, -0.15) is 0 Å². The quantitative estimate of drug-likeness (QED) is 0.238. The lowest BCUT2D eigenvalue weighted by Crippen LogP contribution is -2.26. The highest BCUT2D eigenvalue weighted by atomic mass is 32.2. The molecule has 0 spiro atoms. The zero-order valence-corrected chi connectivity index (χ0v) is 23.2. The maximum atomic E-state index is 12.2. The van der Waals surface area contributed by atoms with Gasteiger partial charge in [-0.15, -0.1) is 0 Å². The highest BCUT2D eigenvalue weighted by Crippen LogP contribution is 2.28. The summed E-state index contributed by atoms with van der Waals surface area (Å²) >= 11 is 1.45. The van der Waals surface area contributed by atoms with Crippen LogP contribution in [0.5, 0.6) is 11.5 Å². The lowest BCUT2D eigenvalue weighted by molar-refractivity contribution is 0.0920. The van der Waals surface area contributed by atoms with Crippen LogP contribution in [-0.4, -0.2) is 57.3 Å². The molecule has 1 aromatic carbocycles. The van der Waals surface area contributed by atoms with Crippen molar-refractivity contribution in [2.75, 3.05) is 46.4 Å². The fraction of sp³-hybridized carbons (Fsp3) is 0.444. The Morgan fingerprint density at radius 3 is 2.57 bits per heavy atom. The number of anilines is 1. The van der Waals surface area contributed by atoms with E-state index in [0.717, 1.165) is 30.0 Å². The van der Waals surface area contributed by atoms with Gasteiger partial charge in [0.05, 0.1) is 32.3 Å². The first-order valence-electron chi connectivity index (χ1n) is 12.1. The molecular weight excluding hydrogens is 492 g/mol. The Morgan fingerprint density at radius 2 is 1.86 bits per heavy atom. The number of benzene rings is 1. The number of likely N-dealkylation sites (N-methyl/N-ethyl adjacent to an activating group) is 1. The van der Waals surface area contributed by atoms with Crippen molar-refractivity contribution in [3.05, 3.63) is 59.2 Å². The van der Waals surface area contributed by atoms with Gasteiger partial charge in [-0.3, -0.25) is 4.79 Å². The molecule has 2 aromatic heterocycles. The highest BCUT2D eigenvalue weighted by Gasteiger charge is 2.14. The Morgan fingerprint density at radius 1 is 1.08 bits per heavy atom. The number of hydrogen-bond donors (Lipinski definition) is 1. The molecule has 0 radical (unpaired) electrons. The molecule has 0 aliphatic carbocycles. The molecule has 3 aromatic rings. The second-order valence-electron chi connectivity index (χ2n) is 8.95. The molecule has 0 fully saturated rings. The second-order valence-corrected chi connectivity index (χ2v) is 9.89. The van der Waals surface area contributed by atoms with Crippen LogP contribution in [0, 0.1) is 5.92 Å². The summed E-state index contributed by atoms with van der Waals surface area (Å²) in [4.78, 5) is 23.7. The first kappa shape index (κ1) is 28.3. The summed E-state index contributed by atoms with van der Waals surface area (Å²) in [5.74, 6) is 3.88. The van der Waals surface area contributed by atoms with Crippen molar-refractivity contribution in [3.63, 3.8) is 0 Å². The van der Waals surface area contributed by atoms with Gasteiger partial charge in [-0.1, -0.05) is 31.7 Å². The molecule has 9 nitrogen and oxygen atoms in total. The number of thioether (sulfide) groups is 1. The molecule has 0 bridgehead atoms. The predicted molar refractivity (Wildman–Crippen MR) is 145 cm³/mol. The van der Waals surface area contributed by atoms with Crippen LogP contribution < -0.4 is 19.7 Å². The standard InChI is InChI=1S/C27H36N4O5S/c1-18(2)15-28-26(32)23-10-8-21(36-23)17-37-27-29-20(16-33-4)14-25(30-27)31(3)12-11-19-7-9-22(34-5)24(13-19)35-6/h7-10,13-14,18H,11-12,15-17H2,1-6H3,(H,28,32). The number of ether oxygens (including phenoxy) is 3. The van der Waals surface area contributed by atoms with Crippen LogP contribution in [0.3, 0.4) is 0 Å². The zero-order chi connectivity index (χ0) is 26.8. The third-order valence-electron chi connectivity index (χ3n) is 5.51. The molecule has 0 aliphatic heterocycles. The van der Waals surface area contributed by atoms with Gasteiger partial charge >= 0.3 is 0 Å². The number of methoxy groups -OCH3 is 3. The van der Waals surface area contributed by atoms with Crippen LogP contribution in [0.4, 0.5) is 5.82 Å². The van der Waals surface area contributed by atoms with E-state index in [1.807, 2.05) is 51.2 Å². The van der Waals surface area contributed by atoms with E-state index in [1.165, 1.54) is 11.8 Å². The van der Waals surface area contributed by atoms with Gasteiger partial charge < -0.3 is 28.8 Å². The molecule has 37 heavy (non-hydrogen) atoms. The fourth-order valence-corrected chi connectivity index (χ4v) is 4.25. The van der Waals surface area contributed by atoms with Crippen molar-refractivity contribution < 1.29 is 23.4 Å². The number of hydrogen-bond acceptors (Lipinski definition) is 9. The highest BCUT2D eigenvalue weighted by molar-refractivity contribution is 7.98. The number of rotatable bonds is 14. The second kappa shape index (κ2) is 13.9. The molecule has 3 rings (SSSR count). The molecule has 0 unspecified atom stereocenters. The van der Waals surface area contributed by atoms with Gasteiger partial charge in [-0.25, -0.2) is 9.97 Å². The lowest BCUT2D eigenvalue weighted by atomic mass is 10.1. The van der Waals surface area contributed by atoms with Crippen molar-refractivity contribution in [1.82, 2.24) is 15.3 Å². The average molecular weight is 529 g/mol. The van der Waals surface area contributed by atoms with Gasteiger partial charge in [0.1, 0.15) is 11.6 Å². The van der Waals surface area contributed by atoms with E-state index in [-0.39, 0.29) is 5.91 Å². The van der Waals surface area contributed by atoms with Crippen LogP contribution in [0.15, 0.2) is 46.0 Å². The van der Waals surface area contributed by atoms with Crippen molar-refractivity contribution >= 4 is 23.5 Å². The van der Waals surface area contributed by atoms with Crippen LogP contribution in [-0.2, 0) is 23.5 Å². The third kappa shape index (κ3) is 8.40. The molecule has 0 atom stereocenters. The van der Waals surface area contributed by atoms with Gasteiger partial charge in [0.25, 0.3) is 5.91 Å². The summed E-state index contributed by atoms with van der Waals surface area (Å²) in [5.41, 5.74) is 1.93. The Balaban J connectivity index is 1.65. The molecule has 0 aliphatic rings. The maximum Gasteiger partial charge on any atom is 0.287 e. The predicted octanol–water partition coefficient (Wildman–Crippen LogP) is 4.59. The summed E-state index contributed by atoms with van der Waals surface area (Å²) in [6.45, 7) is 5.82. The summed E-state index contributed by atoms with van der Waals surface area (Å²) in [6, 6.07) is 11.4. The molecule has 0 saturated heterocycles. The topological polar surface area (TPSA) is 99.0 Å². The number of aromatic nitrogens is 2. The van der Waals surface area contributed by atoms with Crippen molar-refractivity contribution in [3.8, 4) is 11.5 Å². The van der Waals surface area contributed by atoms with Crippen LogP contribution in [0.2, 0.25) is 0 Å².